The third-order valence-electron chi connectivity index (χ3n) is 3.62. The van der Waals surface area contributed by atoms with Crippen LogP contribution in [0.5, 0.6) is 0 Å². The second-order valence-corrected chi connectivity index (χ2v) is 6.37. The van der Waals surface area contributed by atoms with E-state index in [1.807, 2.05) is 6.07 Å². The van der Waals surface area contributed by atoms with E-state index in [2.05, 4.69) is 33.9 Å². The van der Waals surface area contributed by atoms with Crippen molar-refractivity contribution in [3.05, 3.63) is 33.5 Å². The SMILES string of the molecule is CCc1cc(C(=O)NCc2nncn2C2CC2)sc1C. The molecule has 1 amide bonds. The minimum absolute atomic E-state index is 0.0249. The maximum atomic E-state index is 12.2. The van der Waals surface area contributed by atoms with Gasteiger partial charge in [-0.15, -0.1) is 21.5 Å². The summed E-state index contributed by atoms with van der Waals surface area (Å²) in [5.41, 5.74) is 1.25. The maximum Gasteiger partial charge on any atom is 0.261 e. The van der Waals surface area contributed by atoms with Crippen LogP contribution in [0.3, 0.4) is 0 Å². The van der Waals surface area contributed by atoms with Crippen molar-refractivity contribution in [3.8, 4) is 0 Å². The van der Waals surface area contributed by atoms with Crippen LogP contribution in [0, 0.1) is 6.92 Å². The molecule has 0 radical (unpaired) electrons. The van der Waals surface area contributed by atoms with Gasteiger partial charge in [0, 0.05) is 10.9 Å². The van der Waals surface area contributed by atoms with Crippen molar-refractivity contribution in [1.82, 2.24) is 20.1 Å². The van der Waals surface area contributed by atoms with Gasteiger partial charge in [-0.1, -0.05) is 6.92 Å². The Hall–Kier alpha value is -1.69. The van der Waals surface area contributed by atoms with E-state index in [1.165, 1.54) is 23.3 Å². The molecule has 6 heteroatoms. The number of carbonyl (C=O) groups excluding carboxylic acids is 1. The minimum atomic E-state index is -0.0249. The molecule has 1 N–H and O–H groups in total. The summed E-state index contributed by atoms with van der Waals surface area (Å²) in [6.07, 6.45) is 5.08. The number of amides is 1. The zero-order valence-corrected chi connectivity index (χ0v) is 12.5. The molecule has 0 bridgehead atoms. The van der Waals surface area contributed by atoms with Crippen LogP contribution in [-0.4, -0.2) is 20.7 Å². The van der Waals surface area contributed by atoms with Crippen molar-refractivity contribution in [2.24, 2.45) is 0 Å². The number of hydrogen-bond donors (Lipinski definition) is 1. The fourth-order valence-electron chi connectivity index (χ4n) is 2.28. The van der Waals surface area contributed by atoms with E-state index in [9.17, 15) is 4.79 Å². The first-order valence-corrected chi connectivity index (χ1v) is 7.76. The third-order valence-corrected chi connectivity index (χ3v) is 4.71. The zero-order chi connectivity index (χ0) is 14.1. The molecule has 5 nitrogen and oxygen atoms in total. The number of nitrogens with zero attached hydrogens (tertiary/aromatic N) is 3. The molecule has 1 aliphatic carbocycles. The molecule has 0 aromatic carbocycles. The van der Waals surface area contributed by atoms with Crippen LogP contribution >= 0.6 is 11.3 Å². The summed E-state index contributed by atoms with van der Waals surface area (Å²) in [6.45, 7) is 4.60. The monoisotopic (exact) mass is 290 g/mol. The van der Waals surface area contributed by atoms with Gasteiger partial charge in [0.1, 0.15) is 6.33 Å². The number of hydrogen-bond acceptors (Lipinski definition) is 4. The lowest BCUT2D eigenvalue weighted by molar-refractivity contribution is 0.0953. The Morgan fingerprint density at radius 1 is 1.55 bits per heavy atom. The molecular formula is C14H18N4OS. The summed E-state index contributed by atoms with van der Waals surface area (Å²) in [4.78, 5) is 14.2. The van der Waals surface area contributed by atoms with E-state index in [4.69, 9.17) is 0 Å². The lowest BCUT2D eigenvalue weighted by Gasteiger charge is -2.05. The van der Waals surface area contributed by atoms with E-state index >= 15 is 0 Å². The lowest BCUT2D eigenvalue weighted by Crippen LogP contribution is -2.23. The van der Waals surface area contributed by atoms with E-state index in [-0.39, 0.29) is 5.91 Å². The molecule has 3 rings (SSSR count). The van der Waals surface area contributed by atoms with Crippen molar-refractivity contribution < 1.29 is 4.79 Å². The Balaban J connectivity index is 1.65. The van der Waals surface area contributed by atoms with E-state index in [1.54, 1.807) is 17.7 Å². The van der Waals surface area contributed by atoms with Gasteiger partial charge in [0.25, 0.3) is 5.91 Å². The number of aromatic nitrogens is 3. The van der Waals surface area contributed by atoms with Crippen molar-refractivity contribution >= 4 is 17.2 Å². The van der Waals surface area contributed by atoms with Gasteiger partial charge in [-0.05, 0) is 37.8 Å². The zero-order valence-electron chi connectivity index (χ0n) is 11.7. The molecule has 106 valence electrons. The highest BCUT2D eigenvalue weighted by Crippen LogP contribution is 2.35. The molecule has 1 saturated carbocycles. The van der Waals surface area contributed by atoms with Gasteiger partial charge in [0.2, 0.25) is 0 Å². The summed E-state index contributed by atoms with van der Waals surface area (Å²) < 4.78 is 2.07. The number of carbonyl (C=O) groups is 1. The molecule has 2 aromatic heterocycles. The number of aryl methyl sites for hydroxylation is 2. The topological polar surface area (TPSA) is 59.8 Å². The van der Waals surface area contributed by atoms with Gasteiger partial charge in [0.15, 0.2) is 5.82 Å². The number of rotatable bonds is 5. The first-order chi connectivity index (χ1) is 9.69. The molecule has 2 aromatic rings. The van der Waals surface area contributed by atoms with Crippen molar-refractivity contribution in [2.75, 3.05) is 0 Å². The second kappa shape index (κ2) is 5.36. The molecule has 0 unspecified atom stereocenters. The van der Waals surface area contributed by atoms with Crippen LogP contribution in [-0.2, 0) is 13.0 Å². The summed E-state index contributed by atoms with van der Waals surface area (Å²) >= 11 is 1.55. The minimum Gasteiger partial charge on any atom is -0.344 e. The molecule has 0 saturated heterocycles. The quantitative estimate of drug-likeness (QED) is 0.920. The average molecular weight is 290 g/mol. The number of nitrogens with one attached hydrogen (secondary N) is 1. The van der Waals surface area contributed by atoms with Crippen LogP contribution in [0.2, 0.25) is 0 Å². The Bertz CT molecular complexity index is 627. The Labute approximate surface area is 122 Å². The van der Waals surface area contributed by atoms with Gasteiger partial charge in [0.05, 0.1) is 11.4 Å². The molecule has 0 aliphatic heterocycles. The largest absolute Gasteiger partial charge is 0.344 e. The van der Waals surface area contributed by atoms with Gasteiger partial charge in [-0.2, -0.15) is 0 Å². The van der Waals surface area contributed by atoms with Crippen LogP contribution in [0.4, 0.5) is 0 Å². The molecule has 20 heavy (non-hydrogen) atoms. The van der Waals surface area contributed by atoms with Gasteiger partial charge >= 0.3 is 0 Å². The predicted molar refractivity (Wildman–Crippen MR) is 77.9 cm³/mol. The highest BCUT2D eigenvalue weighted by atomic mass is 32.1. The summed E-state index contributed by atoms with van der Waals surface area (Å²) in [5.74, 6) is 0.813. The van der Waals surface area contributed by atoms with Crippen LogP contribution in [0.15, 0.2) is 12.4 Å². The molecule has 1 aliphatic rings. The van der Waals surface area contributed by atoms with Crippen LogP contribution in [0.25, 0.3) is 0 Å². The lowest BCUT2D eigenvalue weighted by atomic mass is 10.2. The van der Waals surface area contributed by atoms with E-state index < -0.39 is 0 Å². The summed E-state index contributed by atoms with van der Waals surface area (Å²) in [7, 11) is 0. The molecule has 0 spiro atoms. The van der Waals surface area contributed by atoms with E-state index in [0.29, 0.717) is 12.6 Å². The second-order valence-electron chi connectivity index (χ2n) is 5.11. The van der Waals surface area contributed by atoms with Crippen LogP contribution < -0.4 is 5.32 Å². The summed E-state index contributed by atoms with van der Waals surface area (Å²) in [5, 5.41) is 11.0. The average Bonchev–Trinajstić information content (AvgIpc) is 3.06. The standard InChI is InChI=1S/C14H18N4OS/c1-3-10-6-12(20-9(10)2)14(19)15-7-13-17-16-8-18(13)11-4-5-11/h6,8,11H,3-5,7H2,1-2H3,(H,15,19). The first kappa shape index (κ1) is 13.3. The van der Waals surface area contributed by atoms with Gasteiger partial charge in [-0.25, -0.2) is 0 Å². The Morgan fingerprint density at radius 3 is 3.00 bits per heavy atom. The van der Waals surface area contributed by atoms with Crippen LogP contribution in [0.1, 0.15) is 51.7 Å². The predicted octanol–water partition coefficient (Wildman–Crippen LogP) is 2.48. The van der Waals surface area contributed by atoms with Crippen molar-refractivity contribution in [3.63, 3.8) is 0 Å². The van der Waals surface area contributed by atoms with Gasteiger partial charge in [-0.3, -0.25) is 4.79 Å². The Morgan fingerprint density at radius 2 is 2.35 bits per heavy atom. The highest BCUT2D eigenvalue weighted by Gasteiger charge is 2.26. The maximum absolute atomic E-state index is 12.2. The highest BCUT2D eigenvalue weighted by molar-refractivity contribution is 7.14. The molecule has 1 fully saturated rings. The van der Waals surface area contributed by atoms with Crippen molar-refractivity contribution in [1.29, 1.82) is 0 Å². The fourth-order valence-corrected chi connectivity index (χ4v) is 3.31. The normalized spacial score (nSPS) is 14.5. The van der Waals surface area contributed by atoms with Crippen molar-refractivity contribution in [2.45, 2.75) is 45.7 Å². The number of thiophene rings is 1. The van der Waals surface area contributed by atoms with E-state index in [0.717, 1.165) is 17.1 Å². The fraction of sp³-hybridized carbons (Fsp3) is 0.500. The molecule has 0 atom stereocenters. The third kappa shape index (κ3) is 2.60. The van der Waals surface area contributed by atoms with Gasteiger partial charge < -0.3 is 9.88 Å². The Kier molecular flexibility index (Phi) is 3.56. The smallest absolute Gasteiger partial charge is 0.261 e. The first-order valence-electron chi connectivity index (χ1n) is 6.95. The molecular weight excluding hydrogens is 272 g/mol. The summed E-state index contributed by atoms with van der Waals surface area (Å²) in [6, 6.07) is 2.52. The molecule has 2 heterocycles.